The first kappa shape index (κ1) is 34.1. The molecule has 0 saturated heterocycles. The zero-order valence-corrected chi connectivity index (χ0v) is 32.6. The summed E-state index contributed by atoms with van der Waals surface area (Å²) in [5.41, 5.74) is 12.3. The van der Waals surface area contributed by atoms with Gasteiger partial charge in [0, 0.05) is 49.5 Å². The Hall–Kier alpha value is -8.02. The second-order valence-electron chi connectivity index (χ2n) is 15.4. The average molecular weight is 768 g/mol. The molecule has 0 aliphatic carbocycles. The lowest BCUT2D eigenvalue weighted by Crippen LogP contribution is -2.34. The number of hydrogen-bond donors (Lipinski definition) is 1. The highest BCUT2D eigenvalue weighted by molar-refractivity contribution is 6.27. The van der Waals surface area contributed by atoms with E-state index in [9.17, 15) is 0 Å². The van der Waals surface area contributed by atoms with Crippen LogP contribution in [0.3, 0.4) is 0 Å². The van der Waals surface area contributed by atoms with Gasteiger partial charge >= 0.3 is 0 Å². The van der Waals surface area contributed by atoms with Crippen molar-refractivity contribution in [3.8, 4) is 22.5 Å². The van der Waals surface area contributed by atoms with Gasteiger partial charge in [0.05, 0.1) is 27.8 Å². The molecule has 5 heteroatoms. The Morgan fingerprint density at radius 2 is 1.02 bits per heavy atom. The van der Waals surface area contributed by atoms with Crippen LogP contribution in [0.25, 0.3) is 76.9 Å². The van der Waals surface area contributed by atoms with Crippen molar-refractivity contribution in [2.45, 2.75) is 6.17 Å². The van der Waals surface area contributed by atoms with Gasteiger partial charge in [0.2, 0.25) is 0 Å². The summed E-state index contributed by atoms with van der Waals surface area (Å²) in [6, 6.07) is 75.7. The molecule has 0 bridgehead atoms. The van der Waals surface area contributed by atoms with Gasteiger partial charge in [-0.1, -0.05) is 170 Å². The Kier molecular flexibility index (Phi) is 7.85. The molecule has 0 radical (unpaired) electrons. The molecule has 60 heavy (non-hydrogen) atoms. The zero-order chi connectivity index (χ0) is 39.6. The minimum Gasteiger partial charge on any atom is -0.344 e. The van der Waals surface area contributed by atoms with E-state index >= 15 is 0 Å². The van der Waals surface area contributed by atoms with Crippen LogP contribution in [0.2, 0.25) is 0 Å². The molecular formula is C55H37N5. The zero-order valence-electron chi connectivity index (χ0n) is 32.6. The molecule has 2 aromatic heterocycles. The van der Waals surface area contributed by atoms with Gasteiger partial charge < -0.3 is 14.5 Å². The Bertz CT molecular complexity index is 3500. The summed E-state index contributed by atoms with van der Waals surface area (Å²) in [4.78, 5) is 10.4. The number of rotatable bonds is 6. The molecule has 0 spiro atoms. The van der Waals surface area contributed by atoms with Gasteiger partial charge in [0.25, 0.3) is 0 Å². The summed E-state index contributed by atoms with van der Waals surface area (Å²) in [7, 11) is 0. The number of amidine groups is 2. The van der Waals surface area contributed by atoms with Crippen molar-refractivity contribution in [1.29, 1.82) is 0 Å². The summed E-state index contributed by atoms with van der Waals surface area (Å²) < 4.78 is 4.86. The Morgan fingerprint density at radius 1 is 0.433 bits per heavy atom. The van der Waals surface area contributed by atoms with E-state index in [-0.39, 0.29) is 0 Å². The summed E-state index contributed by atoms with van der Waals surface area (Å²) in [5.74, 6) is 1.49. The van der Waals surface area contributed by atoms with Gasteiger partial charge in [0.15, 0.2) is 5.84 Å². The monoisotopic (exact) mass is 767 g/mol. The van der Waals surface area contributed by atoms with Crippen LogP contribution >= 0.6 is 0 Å². The fourth-order valence-corrected chi connectivity index (χ4v) is 9.40. The van der Waals surface area contributed by atoms with E-state index in [0.717, 1.165) is 44.9 Å². The van der Waals surface area contributed by atoms with E-state index in [0.29, 0.717) is 5.84 Å². The maximum atomic E-state index is 5.34. The lowest BCUT2D eigenvalue weighted by atomic mass is 9.90. The third kappa shape index (κ3) is 5.33. The normalized spacial score (nSPS) is 14.2. The molecule has 9 aromatic carbocycles. The number of aliphatic imine (C=N–C) groups is 2. The van der Waals surface area contributed by atoms with Crippen LogP contribution in [0.1, 0.15) is 22.9 Å². The van der Waals surface area contributed by atoms with E-state index in [1.165, 1.54) is 54.5 Å². The van der Waals surface area contributed by atoms with E-state index in [1.54, 1.807) is 0 Å². The van der Waals surface area contributed by atoms with Crippen LogP contribution < -0.4 is 5.32 Å². The summed E-state index contributed by atoms with van der Waals surface area (Å²) in [5, 5.41) is 11.1. The molecule has 1 aliphatic rings. The predicted octanol–water partition coefficient (Wildman–Crippen LogP) is 13.2. The first-order chi connectivity index (χ1) is 29.8. The van der Waals surface area contributed by atoms with E-state index in [4.69, 9.17) is 9.98 Å². The van der Waals surface area contributed by atoms with Crippen molar-refractivity contribution >= 4 is 66.1 Å². The highest BCUT2D eigenvalue weighted by atomic mass is 15.2. The number of hydrogen-bond acceptors (Lipinski definition) is 3. The standard InChI is InChI=1S/C55H37N5/c1-4-19-36(20-5-1)53-56-54(37-21-6-2-7-22-37)58-55(57-53)43-29-14-17-33-47(43)60-46-32-16-13-28-42(46)52-49(60)35-38-23-10-11-26-40(38)51(52)44-30-18-34-48-50(44)41-27-12-15-31-45(41)59(48)39-24-8-3-9-25-39/h1-35,55H,(H,56,57,58). The van der Waals surface area contributed by atoms with Crippen LogP contribution in [-0.2, 0) is 0 Å². The summed E-state index contributed by atoms with van der Waals surface area (Å²) in [6.45, 7) is 0. The number of fused-ring (bicyclic) bond motifs is 7. The van der Waals surface area contributed by atoms with Gasteiger partial charge in [-0.15, -0.1) is 0 Å². The van der Waals surface area contributed by atoms with E-state index in [1.807, 2.05) is 24.3 Å². The molecule has 1 atom stereocenters. The molecule has 5 nitrogen and oxygen atoms in total. The van der Waals surface area contributed by atoms with Gasteiger partial charge in [0.1, 0.15) is 12.0 Å². The quantitative estimate of drug-likeness (QED) is 0.180. The van der Waals surface area contributed by atoms with Crippen molar-refractivity contribution < 1.29 is 0 Å². The van der Waals surface area contributed by atoms with Gasteiger partial charge in [-0.2, -0.15) is 0 Å². The summed E-state index contributed by atoms with van der Waals surface area (Å²) in [6.07, 6.45) is -0.405. The van der Waals surface area contributed by atoms with Crippen LogP contribution in [0.4, 0.5) is 0 Å². The van der Waals surface area contributed by atoms with Crippen LogP contribution in [0, 0.1) is 0 Å². The topological polar surface area (TPSA) is 46.6 Å². The Balaban J connectivity index is 1.15. The van der Waals surface area contributed by atoms with E-state index in [2.05, 4.69) is 203 Å². The maximum Gasteiger partial charge on any atom is 0.159 e. The fourth-order valence-electron chi connectivity index (χ4n) is 9.40. The highest BCUT2D eigenvalue weighted by Crippen LogP contribution is 2.47. The molecule has 11 aromatic rings. The first-order valence-corrected chi connectivity index (χ1v) is 20.5. The second-order valence-corrected chi connectivity index (χ2v) is 15.4. The SMILES string of the molecule is c1ccc(C2=NC(c3ccccc3-n3c4ccccc4c4c(-c5cccc6c5c5ccccc5n6-c5ccccc5)c5ccccc5cc43)NC(c3ccccc3)=N2)cc1. The Labute approximate surface area is 346 Å². The number of benzene rings is 9. The molecule has 3 heterocycles. The molecule has 1 N–H and O–H groups in total. The van der Waals surface area contributed by atoms with Crippen molar-refractivity contribution in [1.82, 2.24) is 14.5 Å². The molecular weight excluding hydrogens is 731 g/mol. The molecule has 1 aliphatic heterocycles. The average Bonchev–Trinajstić information content (AvgIpc) is 3.84. The number of para-hydroxylation sites is 4. The smallest absolute Gasteiger partial charge is 0.159 e. The summed E-state index contributed by atoms with van der Waals surface area (Å²) >= 11 is 0. The van der Waals surface area contributed by atoms with Gasteiger partial charge in [-0.3, -0.25) is 0 Å². The number of aromatic nitrogens is 2. The fraction of sp³-hybridized carbons (Fsp3) is 0.0182. The van der Waals surface area contributed by atoms with Gasteiger partial charge in [-0.05, 0) is 58.8 Å². The molecule has 0 amide bonds. The lowest BCUT2D eigenvalue weighted by molar-refractivity contribution is 0.670. The first-order valence-electron chi connectivity index (χ1n) is 20.5. The molecule has 12 rings (SSSR count). The molecule has 0 saturated carbocycles. The predicted molar refractivity (Wildman–Crippen MR) is 250 cm³/mol. The largest absolute Gasteiger partial charge is 0.344 e. The second kappa shape index (κ2) is 13.8. The van der Waals surface area contributed by atoms with Crippen molar-refractivity contribution in [2.24, 2.45) is 9.98 Å². The van der Waals surface area contributed by atoms with Crippen LogP contribution in [-0.4, -0.2) is 20.8 Å². The third-order valence-corrected chi connectivity index (χ3v) is 12.0. The molecule has 282 valence electrons. The van der Waals surface area contributed by atoms with Crippen LogP contribution in [0.15, 0.2) is 222 Å². The maximum absolute atomic E-state index is 5.34. The highest BCUT2D eigenvalue weighted by Gasteiger charge is 2.27. The van der Waals surface area contributed by atoms with Gasteiger partial charge in [-0.25, -0.2) is 9.98 Å². The number of nitrogens with zero attached hydrogens (tertiary/aromatic N) is 4. The number of nitrogens with one attached hydrogen (secondary N) is 1. The minimum atomic E-state index is -0.405. The van der Waals surface area contributed by atoms with Crippen molar-refractivity contribution in [3.05, 3.63) is 229 Å². The van der Waals surface area contributed by atoms with Crippen molar-refractivity contribution in [2.75, 3.05) is 0 Å². The molecule has 1 unspecified atom stereocenters. The third-order valence-electron chi connectivity index (χ3n) is 12.0. The van der Waals surface area contributed by atoms with Crippen molar-refractivity contribution in [3.63, 3.8) is 0 Å². The molecule has 0 fully saturated rings. The minimum absolute atomic E-state index is 0.405. The Morgan fingerprint density at radius 3 is 1.78 bits per heavy atom. The van der Waals surface area contributed by atoms with Crippen LogP contribution in [0.5, 0.6) is 0 Å². The lowest BCUT2D eigenvalue weighted by Gasteiger charge is -2.26. The van der Waals surface area contributed by atoms with E-state index < -0.39 is 6.17 Å².